The zero-order valence-electron chi connectivity index (χ0n) is 20.3. The lowest BCUT2D eigenvalue weighted by Crippen LogP contribution is -2.37. The van der Waals surface area contributed by atoms with Crippen LogP contribution >= 0.6 is 0 Å². The Morgan fingerprint density at radius 1 is 0.917 bits per heavy atom. The molecule has 5 rings (SSSR count). The second-order valence-corrected chi connectivity index (χ2v) is 9.77. The average Bonchev–Trinajstić information content (AvgIpc) is 3.60. The van der Waals surface area contributed by atoms with Crippen molar-refractivity contribution in [3.63, 3.8) is 0 Å². The normalized spacial score (nSPS) is 18.4. The summed E-state index contributed by atoms with van der Waals surface area (Å²) >= 11 is 0. The molecule has 8 heteroatoms. The summed E-state index contributed by atoms with van der Waals surface area (Å²) in [6.45, 7) is 0.540. The van der Waals surface area contributed by atoms with Gasteiger partial charge in [0.05, 0.1) is 16.7 Å². The van der Waals surface area contributed by atoms with Crippen molar-refractivity contribution in [1.82, 2.24) is 5.32 Å². The fourth-order valence-corrected chi connectivity index (χ4v) is 5.51. The monoisotopic (exact) mass is 492 g/mol. The standard InChI is InChI=1S/C28H32N2O6/c31-25(30-22-10-4-3-9-21(22)26(32)29-20-7-1-2-8-20)18-36-27(33)28(13-5-6-14-28)19-11-12-23-24(17-19)35-16-15-34-23/h3-4,9-12,17,20H,1-2,5-8,13-16,18H2,(H,29,32)(H,30,31). The molecule has 3 aliphatic rings. The minimum Gasteiger partial charge on any atom is -0.486 e. The molecule has 1 heterocycles. The summed E-state index contributed by atoms with van der Waals surface area (Å²) in [5.74, 6) is 0.182. The van der Waals surface area contributed by atoms with Gasteiger partial charge in [-0.25, -0.2) is 0 Å². The first-order chi connectivity index (χ1) is 17.5. The lowest BCUT2D eigenvalue weighted by molar-refractivity contribution is -0.153. The zero-order valence-corrected chi connectivity index (χ0v) is 20.3. The molecule has 8 nitrogen and oxygen atoms in total. The van der Waals surface area contributed by atoms with Crippen LogP contribution < -0.4 is 20.1 Å². The van der Waals surface area contributed by atoms with Crippen LogP contribution in [0.3, 0.4) is 0 Å². The summed E-state index contributed by atoms with van der Waals surface area (Å²) in [6, 6.07) is 12.6. The van der Waals surface area contributed by atoms with E-state index in [1.54, 1.807) is 24.3 Å². The van der Waals surface area contributed by atoms with E-state index < -0.39 is 23.9 Å². The molecule has 0 unspecified atom stereocenters. The summed E-state index contributed by atoms with van der Waals surface area (Å²) in [4.78, 5) is 38.8. The lowest BCUT2D eigenvalue weighted by Gasteiger charge is -2.28. The van der Waals surface area contributed by atoms with Crippen molar-refractivity contribution in [3.8, 4) is 11.5 Å². The molecule has 2 saturated carbocycles. The van der Waals surface area contributed by atoms with Crippen LogP contribution in [0.1, 0.15) is 67.3 Å². The number of amides is 2. The van der Waals surface area contributed by atoms with E-state index >= 15 is 0 Å². The van der Waals surface area contributed by atoms with Crippen LogP contribution in [0.25, 0.3) is 0 Å². The number of benzene rings is 2. The third-order valence-corrected chi connectivity index (χ3v) is 7.41. The maximum atomic E-state index is 13.3. The Morgan fingerprint density at radius 2 is 1.64 bits per heavy atom. The number of hydrogen-bond donors (Lipinski definition) is 2. The number of esters is 1. The Labute approximate surface area is 210 Å². The van der Waals surface area contributed by atoms with Crippen LogP contribution in [-0.2, 0) is 19.7 Å². The Morgan fingerprint density at radius 3 is 2.42 bits per heavy atom. The van der Waals surface area contributed by atoms with Crippen LogP contribution in [0.5, 0.6) is 11.5 Å². The number of carbonyl (C=O) groups is 3. The number of rotatable bonds is 7. The largest absolute Gasteiger partial charge is 0.486 e. The van der Waals surface area contributed by atoms with Crippen molar-refractivity contribution >= 4 is 23.5 Å². The summed E-state index contributed by atoms with van der Waals surface area (Å²) in [7, 11) is 0. The average molecular weight is 493 g/mol. The van der Waals surface area contributed by atoms with Crippen molar-refractivity contribution in [2.24, 2.45) is 0 Å². The quantitative estimate of drug-likeness (QED) is 0.564. The van der Waals surface area contributed by atoms with E-state index in [-0.39, 0.29) is 11.9 Å². The Balaban J connectivity index is 1.23. The van der Waals surface area contributed by atoms with Gasteiger partial charge < -0.3 is 24.8 Å². The molecule has 2 N–H and O–H groups in total. The summed E-state index contributed by atoms with van der Waals surface area (Å²) in [5, 5.41) is 5.79. The molecule has 2 fully saturated rings. The predicted octanol–water partition coefficient (Wildman–Crippen LogP) is 4.12. The van der Waals surface area contributed by atoms with Crippen LogP contribution in [0.2, 0.25) is 0 Å². The highest BCUT2D eigenvalue weighted by Crippen LogP contribution is 2.45. The number of anilines is 1. The fourth-order valence-electron chi connectivity index (χ4n) is 5.51. The molecule has 2 aromatic carbocycles. The SMILES string of the molecule is O=C(COC(=O)C1(c2ccc3c(c2)OCCO3)CCCC1)Nc1ccccc1C(=O)NC1CCCC1. The molecule has 2 aromatic rings. The minimum atomic E-state index is -0.810. The van der Waals surface area contributed by atoms with Crippen LogP contribution in [-0.4, -0.2) is 43.6 Å². The van der Waals surface area contributed by atoms with Gasteiger partial charge >= 0.3 is 5.97 Å². The number of para-hydroxylation sites is 1. The van der Waals surface area contributed by atoms with E-state index in [9.17, 15) is 14.4 Å². The van der Waals surface area contributed by atoms with Crippen LogP contribution in [0.4, 0.5) is 5.69 Å². The van der Waals surface area contributed by atoms with Gasteiger partial charge in [0, 0.05) is 6.04 Å². The maximum Gasteiger partial charge on any atom is 0.317 e. The van der Waals surface area contributed by atoms with Crippen LogP contribution in [0.15, 0.2) is 42.5 Å². The molecule has 0 atom stereocenters. The van der Waals surface area contributed by atoms with Gasteiger partial charge in [0.1, 0.15) is 13.2 Å². The van der Waals surface area contributed by atoms with E-state index in [4.69, 9.17) is 14.2 Å². The van der Waals surface area contributed by atoms with Crippen molar-refractivity contribution in [1.29, 1.82) is 0 Å². The molecule has 0 aromatic heterocycles. The molecule has 1 aliphatic heterocycles. The second kappa shape index (κ2) is 10.6. The first-order valence-electron chi connectivity index (χ1n) is 12.8. The third kappa shape index (κ3) is 5.03. The topological polar surface area (TPSA) is 103 Å². The number of fused-ring (bicyclic) bond motifs is 1. The van der Waals surface area contributed by atoms with E-state index in [1.165, 1.54) is 0 Å². The summed E-state index contributed by atoms with van der Waals surface area (Å²) < 4.78 is 16.9. The summed E-state index contributed by atoms with van der Waals surface area (Å²) in [6.07, 6.45) is 7.28. The summed E-state index contributed by atoms with van der Waals surface area (Å²) in [5.41, 5.74) is 0.808. The van der Waals surface area contributed by atoms with Crippen molar-refractivity contribution in [2.45, 2.75) is 62.8 Å². The molecule has 0 bridgehead atoms. The third-order valence-electron chi connectivity index (χ3n) is 7.41. The molecule has 0 radical (unpaired) electrons. The molecule has 190 valence electrons. The van der Waals surface area contributed by atoms with Gasteiger partial charge in [0.25, 0.3) is 11.8 Å². The number of hydrogen-bond acceptors (Lipinski definition) is 6. The highest BCUT2D eigenvalue weighted by atomic mass is 16.6. The van der Waals surface area contributed by atoms with Gasteiger partial charge in [-0.05, 0) is 55.5 Å². The van der Waals surface area contributed by atoms with Gasteiger partial charge in [-0.1, -0.05) is 43.9 Å². The number of nitrogens with one attached hydrogen (secondary N) is 2. The van der Waals surface area contributed by atoms with E-state index in [2.05, 4.69) is 10.6 Å². The first kappa shape index (κ1) is 24.2. The molecule has 0 spiro atoms. The van der Waals surface area contributed by atoms with E-state index in [0.29, 0.717) is 48.8 Å². The van der Waals surface area contributed by atoms with E-state index in [1.807, 2.05) is 18.2 Å². The van der Waals surface area contributed by atoms with E-state index in [0.717, 1.165) is 44.1 Å². The molecule has 36 heavy (non-hydrogen) atoms. The zero-order chi connectivity index (χ0) is 25.0. The molecular formula is C28H32N2O6. The highest BCUT2D eigenvalue weighted by molar-refractivity contribution is 6.04. The lowest BCUT2D eigenvalue weighted by atomic mass is 9.78. The fraction of sp³-hybridized carbons (Fsp3) is 0.464. The number of carbonyl (C=O) groups excluding carboxylic acids is 3. The van der Waals surface area contributed by atoms with Gasteiger partial charge in [-0.2, -0.15) is 0 Å². The van der Waals surface area contributed by atoms with Crippen molar-refractivity contribution in [3.05, 3.63) is 53.6 Å². The van der Waals surface area contributed by atoms with Gasteiger partial charge in [-0.3, -0.25) is 14.4 Å². The highest BCUT2D eigenvalue weighted by Gasteiger charge is 2.45. The predicted molar refractivity (Wildman–Crippen MR) is 133 cm³/mol. The smallest absolute Gasteiger partial charge is 0.317 e. The minimum absolute atomic E-state index is 0.172. The Hall–Kier alpha value is -3.55. The Bertz CT molecular complexity index is 1130. The second-order valence-electron chi connectivity index (χ2n) is 9.77. The molecule has 0 saturated heterocycles. The molecule has 2 aliphatic carbocycles. The number of ether oxygens (including phenoxy) is 3. The van der Waals surface area contributed by atoms with Gasteiger partial charge in [-0.15, -0.1) is 0 Å². The van der Waals surface area contributed by atoms with Crippen molar-refractivity contribution in [2.75, 3.05) is 25.1 Å². The molecular weight excluding hydrogens is 460 g/mol. The van der Waals surface area contributed by atoms with Crippen molar-refractivity contribution < 1.29 is 28.6 Å². The maximum absolute atomic E-state index is 13.3. The van der Waals surface area contributed by atoms with Gasteiger partial charge in [0.15, 0.2) is 18.1 Å². The first-order valence-corrected chi connectivity index (χ1v) is 12.8. The Kier molecular flexibility index (Phi) is 7.11. The van der Waals surface area contributed by atoms with Crippen LogP contribution in [0, 0.1) is 0 Å². The molecule has 2 amide bonds. The van der Waals surface area contributed by atoms with Gasteiger partial charge in [0.2, 0.25) is 0 Å².